The Morgan fingerprint density at radius 1 is 1.25 bits per heavy atom. The van der Waals surface area contributed by atoms with E-state index in [1.807, 2.05) is 31.5 Å². The molecule has 0 atom stereocenters. The molecular formula is C22H30N4O2. The molecule has 0 spiro atoms. The van der Waals surface area contributed by atoms with Gasteiger partial charge in [-0.25, -0.2) is 4.68 Å². The molecule has 4 rings (SSSR count). The quantitative estimate of drug-likeness (QED) is 0.877. The number of nitrogens with zero attached hydrogens (tertiary/aromatic N) is 3. The highest BCUT2D eigenvalue weighted by atomic mass is 16.5. The number of fused-ring (bicyclic) bond motifs is 1. The van der Waals surface area contributed by atoms with Crippen LogP contribution in [0.1, 0.15) is 50.8 Å². The zero-order chi connectivity index (χ0) is 19.7. The number of carbonyl (C=O) groups is 1. The van der Waals surface area contributed by atoms with E-state index in [1.54, 1.807) is 6.20 Å². The highest BCUT2D eigenvalue weighted by Gasteiger charge is 2.26. The van der Waals surface area contributed by atoms with E-state index in [0.717, 1.165) is 57.1 Å². The minimum Gasteiger partial charge on any atom is -0.493 e. The van der Waals surface area contributed by atoms with Crippen LogP contribution in [0.25, 0.3) is 0 Å². The predicted molar refractivity (Wildman–Crippen MR) is 110 cm³/mol. The minimum absolute atomic E-state index is 0.0206. The Morgan fingerprint density at radius 2 is 2.04 bits per heavy atom. The van der Waals surface area contributed by atoms with E-state index in [-0.39, 0.29) is 5.91 Å². The molecular weight excluding hydrogens is 352 g/mol. The van der Waals surface area contributed by atoms with Crippen LogP contribution >= 0.6 is 0 Å². The van der Waals surface area contributed by atoms with E-state index >= 15 is 0 Å². The third-order valence-electron chi connectivity index (χ3n) is 5.66. The van der Waals surface area contributed by atoms with Gasteiger partial charge in [0.1, 0.15) is 11.6 Å². The van der Waals surface area contributed by atoms with Gasteiger partial charge in [-0.2, -0.15) is 5.10 Å². The molecule has 0 aliphatic carbocycles. The molecule has 0 unspecified atom stereocenters. The van der Waals surface area contributed by atoms with Crippen molar-refractivity contribution in [2.75, 3.05) is 25.0 Å². The first-order valence-electron chi connectivity index (χ1n) is 10.2. The van der Waals surface area contributed by atoms with E-state index in [4.69, 9.17) is 4.74 Å². The molecule has 6 heteroatoms. The lowest BCUT2D eigenvalue weighted by atomic mass is 9.96. The molecule has 1 N–H and O–H groups in total. The largest absolute Gasteiger partial charge is 0.493 e. The number of rotatable bonds is 4. The Kier molecular flexibility index (Phi) is 5.15. The van der Waals surface area contributed by atoms with Crippen molar-refractivity contribution in [3.05, 3.63) is 41.6 Å². The summed E-state index contributed by atoms with van der Waals surface area (Å²) in [7, 11) is 0. The molecule has 0 bridgehead atoms. The van der Waals surface area contributed by atoms with Gasteiger partial charge in [0.25, 0.3) is 0 Å². The number of benzene rings is 1. The number of hydrogen-bond donors (Lipinski definition) is 1. The average Bonchev–Trinajstić information content (AvgIpc) is 3.30. The number of anilines is 1. The normalized spacial score (nSPS) is 18.0. The molecule has 1 amide bonds. The fourth-order valence-electron chi connectivity index (χ4n) is 3.93. The molecule has 2 aliphatic rings. The number of amides is 1. The van der Waals surface area contributed by atoms with Crippen molar-refractivity contribution < 1.29 is 9.53 Å². The summed E-state index contributed by atoms with van der Waals surface area (Å²) in [5.41, 5.74) is 2.28. The van der Waals surface area contributed by atoms with Crippen LogP contribution in [0.4, 0.5) is 5.82 Å². The van der Waals surface area contributed by atoms with E-state index < -0.39 is 5.41 Å². The zero-order valence-corrected chi connectivity index (χ0v) is 17.1. The van der Waals surface area contributed by atoms with E-state index in [1.165, 1.54) is 11.1 Å². The van der Waals surface area contributed by atoms with Crippen molar-refractivity contribution in [1.82, 2.24) is 14.7 Å². The highest BCUT2D eigenvalue weighted by molar-refractivity contribution is 5.93. The molecule has 1 aromatic heterocycles. The van der Waals surface area contributed by atoms with Gasteiger partial charge in [-0.15, -0.1) is 0 Å². The molecule has 6 nitrogen and oxygen atoms in total. The summed E-state index contributed by atoms with van der Waals surface area (Å²) in [5, 5.41) is 7.53. The second-order valence-corrected chi connectivity index (χ2v) is 8.91. The van der Waals surface area contributed by atoms with Gasteiger partial charge < -0.3 is 10.1 Å². The molecule has 1 fully saturated rings. The van der Waals surface area contributed by atoms with Gasteiger partial charge in [-0.05, 0) is 30.0 Å². The summed E-state index contributed by atoms with van der Waals surface area (Å²) in [6, 6.07) is 8.81. The smallest absolute Gasteiger partial charge is 0.230 e. The molecule has 150 valence electrons. The van der Waals surface area contributed by atoms with Crippen molar-refractivity contribution in [2.24, 2.45) is 5.41 Å². The maximum absolute atomic E-state index is 12.3. The van der Waals surface area contributed by atoms with Crippen molar-refractivity contribution in [1.29, 1.82) is 0 Å². The van der Waals surface area contributed by atoms with Gasteiger partial charge in [-0.1, -0.05) is 32.9 Å². The predicted octanol–water partition coefficient (Wildman–Crippen LogP) is 3.64. The number of hydrogen-bond acceptors (Lipinski definition) is 4. The Balaban J connectivity index is 1.35. The highest BCUT2D eigenvalue weighted by Crippen LogP contribution is 2.29. The number of likely N-dealkylation sites (tertiary alicyclic amines) is 1. The van der Waals surface area contributed by atoms with Crippen LogP contribution in [0.2, 0.25) is 0 Å². The number of ether oxygens (including phenoxy) is 1. The molecule has 28 heavy (non-hydrogen) atoms. The molecule has 0 saturated carbocycles. The van der Waals surface area contributed by atoms with Crippen LogP contribution in [-0.4, -0.2) is 40.3 Å². The molecule has 2 aliphatic heterocycles. The van der Waals surface area contributed by atoms with Crippen LogP contribution in [0.15, 0.2) is 30.5 Å². The van der Waals surface area contributed by atoms with Gasteiger partial charge in [0.15, 0.2) is 0 Å². The summed E-state index contributed by atoms with van der Waals surface area (Å²) in [6.45, 7) is 9.62. The second kappa shape index (κ2) is 7.59. The average molecular weight is 383 g/mol. The fourth-order valence-corrected chi connectivity index (χ4v) is 3.93. The summed E-state index contributed by atoms with van der Waals surface area (Å²) < 4.78 is 7.60. The summed E-state index contributed by atoms with van der Waals surface area (Å²) in [5.74, 6) is 1.87. The van der Waals surface area contributed by atoms with Gasteiger partial charge in [-0.3, -0.25) is 9.69 Å². The molecule has 0 radical (unpaired) electrons. The Bertz CT molecular complexity index is 844. The van der Waals surface area contributed by atoms with Crippen molar-refractivity contribution in [3.8, 4) is 5.75 Å². The van der Waals surface area contributed by atoms with Gasteiger partial charge in [0, 0.05) is 37.5 Å². The SMILES string of the molecule is CC(C)(C)C(=O)Nc1ccnn1C1CCN(Cc2ccc3c(c2)CCO3)CC1. The fraction of sp³-hybridized carbons (Fsp3) is 0.545. The Labute approximate surface area is 166 Å². The third kappa shape index (κ3) is 4.07. The molecule has 2 aromatic rings. The maximum Gasteiger partial charge on any atom is 0.230 e. The first-order valence-corrected chi connectivity index (χ1v) is 10.2. The zero-order valence-electron chi connectivity index (χ0n) is 17.1. The Morgan fingerprint density at radius 3 is 2.79 bits per heavy atom. The topological polar surface area (TPSA) is 59.4 Å². The number of piperidine rings is 1. The van der Waals surface area contributed by atoms with Crippen LogP contribution < -0.4 is 10.1 Å². The van der Waals surface area contributed by atoms with Crippen LogP contribution in [-0.2, 0) is 17.8 Å². The van der Waals surface area contributed by atoms with Crippen molar-refractivity contribution >= 4 is 11.7 Å². The van der Waals surface area contributed by atoms with Crippen molar-refractivity contribution in [2.45, 2.75) is 52.6 Å². The minimum atomic E-state index is -0.417. The molecule has 1 aromatic carbocycles. The van der Waals surface area contributed by atoms with Crippen LogP contribution in [0.3, 0.4) is 0 Å². The molecule has 1 saturated heterocycles. The van der Waals surface area contributed by atoms with Gasteiger partial charge in [0.05, 0.1) is 18.8 Å². The van der Waals surface area contributed by atoms with E-state index in [2.05, 4.69) is 33.5 Å². The standard InChI is InChI=1S/C22H30N4O2/c1-22(2,3)21(27)24-20-6-10-23-26(20)18-7-11-25(12-8-18)15-16-4-5-19-17(14-16)9-13-28-19/h4-6,10,14,18H,7-9,11-13,15H2,1-3H3,(H,24,27). The first kappa shape index (κ1) is 19.0. The monoisotopic (exact) mass is 382 g/mol. The van der Waals surface area contributed by atoms with Crippen LogP contribution in [0.5, 0.6) is 5.75 Å². The van der Waals surface area contributed by atoms with E-state index in [0.29, 0.717) is 6.04 Å². The lowest BCUT2D eigenvalue weighted by Gasteiger charge is -2.33. The second-order valence-electron chi connectivity index (χ2n) is 8.91. The third-order valence-corrected chi connectivity index (χ3v) is 5.66. The van der Waals surface area contributed by atoms with Crippen molar-refractivity contribution in [3.63, 3.8) is 0 Å². The lowest BCUT2D eigenvalue weighted by molar-refractivity contribution is -0.123. The first-order chi connectivity index (χ1) is 13.4. The number of carbonyl (C=O) groups excluding carboxylic acids is 1. The van der Waals surface area contributed by atoms with Crippen LogP contribution in [0, 0.1) is 5.41 Å². The van der Waals surface area contributed by atoms with E-state index in [9.17, 15) is 4.79 Å². The molecule has 3 heterocycles. The summed E-state index contributed by atoms with van der Waals surface area (Å²) >= 11 is 0. The number of nitrogens with one attached hydrogen (secondary N) is 1. The maximum atomic E-state index is 12.3. The van der Waals surface area contributed by atoms with Gasteiger partial charge in [0.2, 0.25) is 5.91 Å². The summed E-state index contributed by atoms with van der Waals surface area (Å²) in [4.78, 5) is 14.8. The van der Waals surface area contributed by atoms with Gasteiger partial charge >= 0.3 is 0 Å². The summed E-state index contributed by atoms with van der Waals surface area (Å²) in [6.07, 6.45) is 4.87. The lowest BCUT2D eigenvalue weighted by Crippen LogP contribution is -2.35. The Hall–Kier alpha value is -2.34. The number of aromatic nitrogens is 2.